The third-order valence-electron chi connectivity index (χ3n) is 3.67. The number of anilines is 1. The second-order valence-electron chi connectivity index (χ2n) is 4.60. The van der Waals surface area contributed by atoms with Crippen LogP contribution in [0, 0.1) is 18.2 Å². The molecule has 0 aliphatic heterocycles. The second-order valence-corrected chi connectivity index (χ2v) is 4.60. The van der Waals surface area contributed by atoms with Crippen LogP contribution in [0.15, 0.2) is 18.2 Å². The molecule has 1 rings (SSSR count). The molecule has 1 aromatic rings. The second kappa shape index (κ2) is 7.46. The van der Waals surface area contributed by atoms with E-state index in [9.17, 15) is 9.18 Å². The number of amides is 1. The average Bonchev–Trinajstić information content (AvgIpc) is 2.37. The number of benzene rings is 1. The first kappa shape index (κ1) is 17.9. The molecule has 0 atom stereocenters. The van der Waals surface area contributed by atoms with Gasteiger partial charge in [0.05, 0.1) is 5.41 Å². The Hall–Kier alpha value is -1.13. The molecule has 19 heavy (non-hydrogen) atoms. The van der Waals surface area contributed by atoms with Crippen molar-refractivity contribution in [3.05, 3.63) is 29.6 Å². The van der Waals surface area contributed by atoms with Crippen LogP contribution in [-0.4, -0.2) is 12.5 Å². The molecule has 0 bridgehead atoms. The van der Waals surface area contributed by atoms with E-state index in [1.807, 2.05) is 20.8 Å². The molecule has 1 amide bonds. The van der Waals surface area contributed by atoms with E-state index in [-0.39, 0.29) is 24.1 Å². The molecular formula is C14H22ClFN2O. The molecule has 0 aliphatic carbocycles. The van der Waals surface area contributed by atoms with Crippen molar-refractivity contribution in [2.45, 2.75) is 33.6 Å². The fraction of sp³-hybridized carbons (Fsp3) is 0.500. The molecule has 0 aromatic heterocycles. The van der Waals surface area contributed by atoms with E-state index >= 15 is 0 Å². The Kier molecular flexibility index (Phi) is 7.01. The van der Waals surface area contributed by atoms with Crippen molar-refractivity contribution in [2.75, 3.05) is 11.9 Å². The normalized spacial score (nSPS) is 10.8. The maximum absolute atomic E-state index is 13.2. The van der Waals surface area contributed by atoms with Crippen LogP contribution in [0.4, 0.5) is 10.1 Å². The minimum absolute atomic E-state index is 0. The SMILES string of the molecule is CCC(CC)(CN)C(=O)Nc1cc(F)ccc1C.Cl. The van der Waals surface area contributed by atoms with Crippen LogP contribution in [-0.2, 0) is 4.79 Å². The van der Waals surface area contributed by atoms with Crippen LogP contribution < -0.4 is 11.1 Å². The van der Waals surface area contributed by atoms with Gasteiger partial charge in [0.2, 0.25) is 5.91 Å². The number of carbonyl (C=O) groups excluding carboxylic acids is 1. The summed E-state index contributed by atoms with van der Waals surface area (Å²) >= 11 is 0. The molecule has 0 unspecified atom stereocenters. The van der Waals surface area contributed by atoms with Crippen molar-refractivity contribution in [1.29, 1.82) is 0 Å². The molecule has 0 saturated carbocycles. The van der Waals surface area contributed by atoms with Gasteiger partial charge in [-0.2, -0.15) is 0 Å². The summed E-state index contributed by atoms with van der Waals surface area (Å²) in [7, 11) is 0. The molecule has 0 spiro atoms. The maximum atomic E-state index is 13.2. The first-order valence-corrected chi connectivity index (χ1v) is 6.26. The number of hydrogen-bond donors (Lipinski definition) is 2. The number of nitrogens with one attached hydrogen (secondary N) is 1. The molecule has 1 aromatic carbocycles. The topological polar surface area (TPSA) is 55.1 Å². The van der Waals surface area contributed by atoms with Gasteiger partial charge >= 0.3 is 0 Å². The molecule has 0 heterocycles. The summed E-state index contributed by atoms with van der Waals surface area (Å²) in [6.45, 7) is 6.00. The Morgan fingerprint density at radius 2 is 1.95 bits per heavy atom. The van der Waals surface area contributed by atoms with Crippen molar-refractivity contribution in [2.24, 2.45) is 11.1 Å². The quantitative estimate of drug-likeness (QED) is 0.874. The minimum atomic E-state index is -0.571. The molecule has 0 radical (unpaired) electrons. The van der Waals surface area contributed by atoms with Crippen LogP contribution >= 0.6 is 12.4 Å². The summed E-state index contributed by atoms with van der Waals surface area (Å²) in [6, 6.07) is 4.35. The van der Waals surface area contributed by atoms with Crippen molar-refractivity contribution < 1.29 is 9.18 Å². The number of nitrogens with two attached hydrogens (primary N) is 1. The Morgan fingerprint density at radius 1 is 1.37 bits per heavy atom. The van der Waals surface area contributed by atoms with Gasteiger partial charge in [0.1, 0.15) is 5.82 Å². The van der Waals surface area contributed by atoms with Gasteiger partial charge in [-0.05, 0) is 37.5 Å². The van der Waals surface area contributed by atoms with Crippen LogP contribution in [0.5, 0.6) is 0 Å². The fourth-order valence-electron chi connectivity index (χ4n) is 1.94. The summed E-state index contributed by atoms with van der Waals surface area (Å²) in [6.07, 6.45) is 1.33. The Bertz CT molecular complexity index is 425. The third kappa shape index (κ3) is 3.91. The summed E-state index contributed by atoms with van der Waals surface area (Å²) in [5.74, 6) is -0.494. The first-order valence-electron chi connectivity index (χ1n) is 6.26. The smallest absolute Gasteiger partial charge is 0.231 e. The van der Waals surface area contributed by atoms with Crippen molar-refractivity contribution in [1.82, 2.24) is 0 Å². The van der Waals surface area contributed by atoms with E-state index < -0.39 is 5.41 Å². The Balaban J connectivity index is 0.00000324. The van der Waals surface area contributed by atoms with E-state index in [2.05, 4.69) is 5.32 Å². The van der Waals surface area contributed by atoms with Gasteiger partial charge in [0, 0.05) is 12.2 Å². The van der Waals surface area contributed by atoms with Gasteiger partial charge in [-0.1, -0.05) is 19.9 Å². The zero-order valence-electron chi connectivity index (χ0n) is 11.6. The number of halogens is 2. The van der Waals surface area contributed by atoms with Gasteiger partial charge in [-0.25, -0.2) is 4.39 Å². The Morgan fingerprint density at radius 3 is 2.42 bits per heavy atom. The average molecular weight is 289 g/mol. The zero-order chi connectivity index (χ0) is 13.8. The molecular weight excluding hydrogens is 267 g/mol. The summed E-state index contributed by atoms with van der Waals surface area (Å²) in [4.78, 5) is 12.3. The minimum Gasteiger partial charge on any atom is -0.329 e. The molecule has 5 heteroatoms. The molecule has 0 saturated heterocycles. The van der Waals surface area contributed by atoms with Gasteiger partial charge in [0.15, 0.2) is 0 Å². The van der Waals surface area contributed by atoms with Crippen molar-refractivity contribution in [3.63, 3.8) is 0 Å². The van der Waals surface area contributed by atoms with E-state index in [0.29, 0.717) is 25.1 Å². The van der Waals surface area contributed by atoms with E-state index in [1.165, 1.54) is 12.1 Å². The molecule has 0 aliphatic rings. The third-order valence-corrected chi connectivity index (χ3v) is 3.67. The maximum Gasteiger partial charge on any atom is 0.231 e. The van der Waals surface area contributed by atoms with Crippen LogP contribution in [0.3, 0.4) is 0 Å². The van der Waals surface area contributed by atoms with Crippen LogP contribution in [0.2, 0.25) is 0 Å². The van der Waals surface area contributed by atoms with E-state index in [1.54, 1.807) is 6.07 Å². The van der Waals surface area contributed by atoms with Crippen molar-refractivity contribution in [3.8, 4) is 0 Å². The lowest BCUT2D eigenvalue weighted by Crippen LogP contribution is -2.41. The molecule has 3 nitrogen and oxygen atoms in total. The first-order chi connectivity index (χ1) is 8.49. The van der Waals surface area contributed by atoms with Crippen LogP contribution in [0.1, 0.15) is 32.3 Å². The number of hydrogen-bond acceptors (Lipinski definition) is 2. The molecule has 3 N–H and O–H groups in total. The fourth-order valence-corrected chi connectivity index (χ4v) is 1.94. The largest absolute Gasteiger partial charge is 0.329 e. The van der Waals surface area contributed by atoms with E-state index in [4.69, 9.17) is 5.73 Å². The van der Waals surface area contributed by atoms with Gasteiger partial charge in [-0.15, -0.1) is 12.4 Å². The predicted molar refractivity (Wildman–Crippen MR) is 79.1 cm³/mol. The standard InChI is InChI=1S/C14H21FN2O.ClH/c1-4-14(5-2,9-16)13(18)17-12-8-11(15)7-6-10(12)3;/h6-8H,4-5,9,16H2,1-3H3,(H,17,18);1H. The monoisotopic (exact) mass is 288 g/mol. The number of carbonyl (C=O) groups is 1. The summed E-state index contributed by atoms with van der Waals surface area (Å²) in [5, 5.41) is 2.79. The van der Waals surface area contributed by atoms with Gasteiger partial charge in [0.25, 0.3) is 0 Å². The summed E-state index contributed by atoms with van der Waals surface area (Å²) in [5.41, 5.74) is 6.50. The van der Waals surface area contributed by atoms with Crippen molar-refractivity contribution >= 4 is 24.0 Å². The zero-order valence-corrected chi connectivity index (χ0v) is 12.4. The Labute approximate surface area is 120 Å². The van der Waals surface area contributed by atoms with Crippen LogP contribution in [0.25, 0.3) is 0 Å². The van der Waals surface area contributed by atoms with Gasteiger partial charge < -0.3 is 11.1 Å². The summed E-state index contributed by atoms with van der Waals surface area (Å²) < 4.78 is 13.2. The lowest BCUT2D eigenvalue weighted by molar-refractivity contribution is -0.125. The highest BCUT2D eigenvalue weighted by Crippen LogP contribution is 2.27. The number of aryl methyl sites for hydroxylation is 1. The lowest BCUT2D eigenvalue weighted by atomic mass is 9.81. The lowest BCUT2D eigenvalue weighted by Gasteiger charge is -2.28. The van der Waals surface area contributed by atoms with E-state index in [0.717, 1.165) is 5.56 Å². The number of rotatable bonds is 5. The predicted octanol–water partition coefficient (Wildman–Crippen LogP) is 3.26. The molecule has 0 fully saturated rings. The highest BCUT2D eigenvalue weighted by molar-refractivity contribution is 5.96. The highest BCUT2D eigenvalue weighted by atomic mass is 35.5. The highest BCUT2D eigenvalue weighted by Gasteiger charge is 2.33. The van der Waals surface area contributed by atoms with Gasteiger partial charge in [-0.3, -0.25) is 4.79 Å². The molecule has 108 valence electrons.